The first-order chi connectivity index (χ1) is 12.1. The smallest absolute Gasteiger partial charge is 0.337 e. The number of hydrogen-bond donors (Lipinski definition) is 2. The topological polar surface area (TPSA) is 87.6 Å². The largest absolute Gasteiger partial charge is 0.465 e. The Labute approximate surface area is 146 Å². The zero-order valence-electron chi connectivity index (χ0n) is 14.5. The van der Waals surface area contributed by atoms with Crippen LogP contribution in [0.1, 0.15) is 27.2 Å². The molecule has 0 radical (unpaired) electrons. The average molecular weight is 342 g/mol. The van der Waals surface area contributed by atoms with Gasteiger partial charge in [-0.1, -0.05) is 6.07 Å². The second-order valence-corrected chi connectivity index (χ2v) is 5.99. The van der Waals surface area contributed by atoms with E-state index >= 15 is 0 Å². The summed E-state index contributed by atoms with van der Waals surface area (Å²) in [4.78, 5) is 22.8. The molecule has 2 heterocycles. The highest BCUT2D eigenvalue weighted by molar-refractivity contribution is 5.89. The number of fused-ring (bicyclic) bond motifs is 1. The van der Waals surface area contributed by atoms with Gasteiger partial charge in [-0.25, -0.2) is 9.78 Å². The summed E-state index contributed by atoms with van der Waals surface area (Å²) in [7, 11) is 1.39. The van der Waals surface area contributed by atoms with Gasteiger partial charge in [0.25, 0.3) is 0 Å². The Kier molecular flexibility index (Phi) is 5.14. The fourth-order valence-electron chi connectivity index (χ4n) is 2.95. The molecule has 7 nitrogen and oxygen atoms in total. The first-order valence-corrected chi connectivity index (χ1v) is 8.26. The summed E-state index contributed by atoms with van der Waals surface area (Å²) in [6, 6.07) is 7.65. The van der Waals surface area contributed by atoms with Crippen molar-refractivity contribution in [2.24, 2.45) is 0 Å². The quantitative estimate of drug-likeness (QED) is 0.797. The van der Waals surface area contributed by atoms with Gasteiger partial charge in [0.15, 0.2) is 0 Å². The van der Waals surface area contributed by atoms with Crippen LogP contribution in [0.15, 0.2) is 24.3 Å². The minimum absolute atomic E-state index is 0.0340. The number of methoxy groups -OCH3 is 1. The Bertz CT molecular complexity index is 779. The van der Waals surface area contributed by atoms with Gasteiger partial charge in [0.05, 0.1) is 19.3 Å². The first-order valence-electron chi connectivity index (χ1n) is 8.26. The van der Waals surface area contributed by atoms with E-state index in [1.54, 1.807) is 6.07 Å². The van der Waals surface area contributed by atoms with E-state index in [9.17, 15) is 4.79 Å². The lowest BCUT2D eigenvalue weighted by atomic mass is 9.97. The maximum absolute atomic E-state index is 11.7. The minimum atomic E-state index is -0.309. The van der Waals surface area contributed by atoms with Gasteiger partial charge in [-0.05, 0) is 36.6 Å². The van der Waals surface area contributed by atoms with Crippen LogP contribution < -0.4 is 10.2 Å². The van der Waals surface area contributed by atoms with E-state index in [0.29, 0.717) is 18.1 Å². The van der Waals surface area contributed by atoms with Crippen LogP contribution in [-0.4, -0.2) is 47.8 Å². The summed E-state index contributed by atoms with van der Waals surface area (Å²) in [6.45, 7) is 3.92. The predicted octanol–water partition coefficient (Wildman–Crippen LogP) is 1.54. The van der Waals surface area contributed by atoms with Crippen LogP contribution in [0.5, 0.6) is 0 Å². The zero-order valence-corrected chi connectivity index (χ0v) is 14.5. The second kappa shape index (κ2) is 7.48. The fourth-order valence-corrected chi connectivity index (χ4v) is 2.95. The van der Waals surface area contributed by atoms with Gasteiger partial charge in [0.2, 0.25) is 5.95 Å². The van der Waals surface area contributed by atoms with Gasteiger partial charge >= 0.3 is 5.97 Å². The highest BCUT2D eigenvalue weighted by Crippen LogP contribution is 2.25. The number of carbonyl (C=O) groups excluding carboxylic acids is 1. The van der Waals surface area contributed by atoms with Crippen LogP contribution in [0, 0.1) is 6.92 Å². The van der Waals surface area contributed by atoms with Crippen LogP contribution in [-0.2, 0) is 17.7 Å². The normalized spacial score (nSPS) is 13.3. The van der Waals surface area contributed by atoms with E-state index in [2.05, 4.69) is 20.2 Å². The van der Waals surface area contributed by atoms with Crippen LogP contribution in [0.3, 0.4) is 0 Å². The molecule has 1 aromatic carbocycles. The molecule has 2 N–H and O–H groups in total. The highest BCUT2D eigenvalue weighted by Gasteiger charge is 2.20. The molecule has 1 aliphatic rings. The van der Waals surface area contributed by atoms with Crippen molar-refractivity contribution in [3.63, 3.8) is 0 Å². The van der Waals surface area contributed by atoms with Crippen molar-refractivity contribution in [2.45, 2.75) is 19.9 Å². The third-order valence-corrected chi connectivity index (χ3v) is 4.20. The lowest BCUT2D eigenvalue weighted by Crippen LogP contribution is -2.31. The highest BCUT2D eigenvalue weighted by atomic mass is 16.5. The molecular formula is C18H22N4O3. The molecule has 0 saturated heterocycles. The standard InChI is InChI=1S/C18H22N4O3/c1-12-9-16(21-18(20-12)19-6-8-23)22-7-5-13-10-14(17(24)25-2)3-4-15(13)11-22/h3-4,9-10,23H,5-8,11H2,1-2H3,(H,19,20,21). The zero-order chi connectivity index (χ0) is 17.8. The van der Waals surface area contributed by atoms with Crippen molar-refractivity contribution < 1.29 is 14.6 Å². The van der Waals surface area contributed by atoms with Gasteiger partial charge in [-0.3, -0.25) is 0 Å². The average Bonchev–Trinajstić information content (AvgIpc) is 2.64. The molecule has 1 aliphatic heterocycles. The number of aromatic nitrogens is 2. The van der Waals surface area contributed by atoms with E-state index in [1.165, 1.54) is 18.2 Å². The van der Waals surface area contributed by atoms with Crippen molar-refractivity contribution in [2.75, 3.05) is 37.0 Å². The van der Waals surface area contributed by atoms with Crippen molar-refractivity contribution in [3.05, 3.63) is 46.6 Å². The second-order valence-electron chi connectivity index (χ2n) is 5.99. The molecule has 132 valence electrons. The number of ether oxygens (including phenoxy) is 1. The Morgan fingerprint density at radius 1 is 1.32 bits per heavy atom. The van der Waals surface area contributed by atoms with Crippen molar-refractivity contribution in [1.29, 1.82) is 0 Å². The van der Waals surface area contributed by atoms with Crippen LogP contribution in [0.4, 0.5) is 11.8 Å². The van der Waals surface area contributed by atoms with Crippen molar-refractivity contribution >= 4 is 17.7 Å². The van der Waals surface area contributed by atoms with Gasteiger partial charge in [0.1, 0.15) is 5.82 Å². The molecule has 0 bridgehead atoms. The third kappa shape index (κ3) is 3.88. The summed E-state index contributed by atoms with van der Waals surface area (Å²) < 4.78 is 4.79. The summed E-state index contributed by atoms with van der Waals surface area (Å²) in [5.74, 6) is 1.07. The number of nitrogens with one attached hydrogen (secondary N) is 1. The van der Waals surface area contributed by atoms with E-state index in [0.717, 1.165) is 31.0 Å². The number of aryl methyl sites for hydroxylation is 1. The molecule has 0 fully saturated rings. The molecule has 0 spiro atoms. The molecular weight excluding hydrogens is 320 g/mol. The van der Waals surface area contributed by atoms with Crippen LogP contribution in [0.2, 0.25) is 0 Å². The number of nitrogens with zero attached hydrogens (tertiary/aromatic N) is 3. The molecule has 2 aromatic rings. The molecule has 25 heavy (non-hydrogen) atoms. The molecule has 0 aliphatic carbocycles. The molecule has 0 atom stereocenters. The maximum Gasteiger partial charge on any atom is 0.337 e. The summed E-state index contributed by atoms with van der Waals surface area (Å²) in [5, 5.41) is 12.0. The summed E-state index contributed by atoms with van der Waals surface area (Å²) in [6.07, 6.45) is 0.836. The summed E-state index contributed by atoms with van der Waals surface area (Å²) in [5.41, 5.74) is 3.81. The van der Waals surface area contributed by atoms with E-state index in [1.807, 2.05) is 25.1 Å². The molecule has 7 heteroatoms. The first kappa shape index (κ1) is 17.2. The van der Waals surface area contributed by atoms with Crippen molar-refractivity contribution in [3.8, 4) is 0 Å². The number of benzene rings is 1. The third-order valence-electron chi connectivity index (χ3n) is 4.20. The lowest BCUT2D eigenvalue weighted by molar-refractivity contribution is 0.0600. The Morgan fingerprint density at radius 2 is 2.16 bits per heavy atom. The van der Waals surface area contributed by atoms with E-state index in [-0.39, 0.29) is 12.6 Å². The van der Waals surface area contributed by atoms with Gasteiger partial charge in [-0.15, -0.1) is 0 Å². The number of carbonyl (C=O) groups is 1. The number of aliphatic hydroxyl groups excluding tert-OH is 1. The van der Waals surface area contributed by atoms with Crippen molar-refractivity contribution in [1.82, 2.24) is 9.97 Å². The number of aliphatic hydroxyl groups is 1. The number of esters is 1. The Morgan fingerprint density at radius 3 is 2.92 bits per heavy atom. The Balaban J connectivity index is 1.81. The number of hydrogen-bond acceptors (Lipinski definition) is 7. The monoisotopic (exact) mass is 342 g/mol. The number of rotatable bonds is 5. The SMILES string of the molecule is COC(=O)c1ccc2c(c1)CCN(c1cc(C)nc(NCCO)n1)C2. The minimum Gasteiger partial charge on any atom is -0.465 e. The van der Waals surface area contributed by atoms with Gasteiger partial charge in [-0.2, -0.15) is 4.98 Å². The van der Waals surface area contributed by atoms with Gasteiger partial charge < -0.3 is 20.1 Å². The molecule has 0 unspecified atom stereocenters. The number of anilines is 2. The van der Waals surface area contributed by atoms with Crippen LogP contribution >= 0.6 is 0 Å². The maximum atomic E-state index is 11.7. The Hall–Kier alpha value is -2.67. The fraction of sp³-hybridized carbons (Fsp3) is 0.389. The van der Waals surface area contributed by atoms with E-state index < -0.39 is 0 Å². The molecule has 0 amide bonds. The molecule has 3 rings (SSSR count). The van der Waals surface area contributed by atoms with Crippen LogP contribution in [0.25, 0.3) is 0 Å². The predicted molar refractivity (Wildman–Crippen MR) is 94.9 cm³/mol. The van der Waals surface area contributed by atoms with Gasteiger partial charge in [0, 0.05) is 31.4 Å². The summed E-state index contributed by atoms with van der Waals surface area (Å²) >= 11 is 0. The lowest BCUT2D eigenvalue weighted by Gasteiger charge is -2.30. The van der Waals surface area contributed by atoms with E-state index in [4.69, 9.17) is 9.84 Å². The molecule has 0 saturated carbocycles. The molecule has 1 aromatic heterocycles.